The van der Waals surface area contributed by atoms with Crippen LogP contribution in [0.15, 0.2) is 36.7 Å². The highest BCUT2D eigenvalue weighted by Gasteiger charge is 2.43. The van der Waals surface area contributed by atoms with Crippen molar-refractivity contribution in [3.8, 4) is 0 Å². The number of nitrogens with zero attached hydrogens (tertiary/aromatic N) is 4. The van der Waals surface area contributed by atoms with E-state index in [-0.39, 0.29) is 11.9 Å². The number of hydrogen-bond acceptors (Lipinski definition) is 4. The summed E-state index contributed by atoms with van der Waals surface area (Å²) in [4.78, 5) is 26.0. The summed E-state index contributed by atoms with van der Waals surface area (Å²) in [5.41, 5.74) is 3.59. The summed E-state index contributed by atoms with van der Waals surface area (Å²) in [5.74, 6) is -2.52. The van der Waals surface area contributed by atoms with Crippen LogP contribution >= 0.6 is 0 Å². The second kappa shape index (κ2) is 9.09. The minimum absolute atomic E-state index is 0.237. The Bertz CT molecular complexity index is 927. The van der Waals surface area contributed by atoms with Gasteiger partial charge in [0.2, 0.25) is 5.91 Å². The fraction of sp³-hybridized carbons (Fsp3) is 0.476. The topological polar surface area (TPSA) is 78.7 Å². The lowest BCUT2D eigenvalue weighted by Gasteiger charge is -2.39. The van der Waals surface area contributed by atoms with Gasteiger partial charge in [-0.1, -0.05) is 29.8 Å². The number of fused-ring (bicyclic) bond motifs is 1. The maximum absolute atomic E-state index is 12.5. The maximum Gasteiger partial charge on any atom is 0.490 e. The number of piperidine rings is 1. The molecule has 0 bridgehead atoms. The summed E-state index contributed by atoms with van der Waals surface area (Å²) >= 11 is 0. The van der Waals surface area contributed by atoms with Crippen molar-refractivity contribution in [2.45, 2.75) is 51.0 Å². The normalized spacial score (nSPS) is 21.5. The highest BCUT2D eigenvalue weighted by Crippen LogP contribution is 2.35. The fourth-order valence-electron chi connectivity index (χ4n) is 4.15. The Morgan fingerprint density at radius 1 is 1.19 bits per heavy atom. The molecule has 0 radical (unpaired) electrons. The Hall–Kier alpha value is -2.88. The number of alkyl halides is 3. The van der Waals surface area contributed by atoms with Crippen LogP contribution in [0.3, 0.4) is 0 Å². The number of anilines is 1. The van der Waals surface area contributed by atoms with E-state index in [0.29, 0.717) is 12.5 Å². The lowest BCUT2D eigenvalue weighted by molar-refractivity contribution is -0.192. The van der Waals surface area contributed by atoms with E-state index in [4.69, 9.17) is 9.90 Å². The molecule has 1 amide bonds. The van der Waals surface area contributed by atoms with Gasteiger partial charge in [0.05, 0.1) is 17.9 Å². The third kappa shape index (κ3) is 5.43. The summed E-state index contributed by atoms with van der Waals surface area (Å²) in [6, 6.07) is 9.51. The molecule has 0 unspecified atom stereocenters. The summed E-state index contributed by atoms with van der Waals surface area (Å²) in [6.45, 7) is 4.14. The van der Waals surface area contributed by atoms with Gasteiger partial charge in [0.1, 0.15) is 0 Å². The number of benzene rings is 1. The molecule has 2 aliphatic rings. The van der Waals surface area contributed by atoms with E-state index in [2.05, 4.69) is 41.2 Å². The SMILES string of the molecule is Cc1ccc(CN2CC[C@H]3[C@@H]2CCC(=O)N3c2cnn(C)c2)cc1.O=C(O)C(F)(F)F. The minimum atomic E-state index is -5.08. The summed E-state index contributed by atoms with van der Waals surface area (Å²) in [5, 5.41) is 11.4. The van der Waals surface area contributed by atoms with Crippen molar-refractivity contribution in [1.82, 2.24) is 14.7 Å². The van der Waals surface area contributed by atoms with E-state index >= 15 is 0 Å². The molecule has 31 heavy (non-hydrogen) atoms. The van der Waals surface area contributed by atoms with Crippen LogP contribution in [-0.4, -0.2) is 56.5 Å². The van der Waals surface area contributed by atoms with Gasteiger partial charge in [-0.3, -0.25) is 14.4 Å². The molecule has 10 heteroatoms. The van der Waals surface area contributed by atoms with Gasteiger partial charge in [0, 0.05) is 38.8 Å². The van der Waals surface area contributed by atoms with E-state index in [9.17, 15) is 18.0 Å². The molecular weight excluding hydrogens is 413 g/mol. The second-order valence-corrected chi connectivity index (χ2v) is 7.86. The number of aromatic nitrogens is 2. The number of aliphatic carboxylic acids is 1. The minimum Gasteiger partial charge on any atom is -0.475 e. The third-order valence-corrected chi connectivity index (χ3v) is 5.60. The largest absolute Gasteiger partial charge is 0.490 e. The van der Waals surface area contributed by atoms with Crippen molar-refractivity contribution in [2.24, 2.45) is 7.05 Å². The molecule has 2 aliphatic heterocycles. The first-order chi connectivity index (χ1) is 14.6. The average Bonchev–Trinajstić information content (AvgIpc) is 3.29. The van der Waals surface area contributed by atoms with Gasteiger partial charge >= 0.3 is 12.1 Å². The summed E-state index contributed by atoms with van der Waals surface area (Å²) in [7, 11) is 1.90. The Morgan fingerprint density at radius 3 is 2.39 bits per heavy atom. The van der Waals surface area contributed by atoms with Crippen LogP contribution in [0.5, 0.6) is 0 Å². The lowest BCUT2D eigenvalue weighted by Crippen LogP contribution is -2.52. The molecule has 3 heterocycles. The number of likely N-dealkylation sites (tertiary alicyclic amines) is 1. The van der Waals surface area contributed by atoms with Crippen molar-refractivity contribution < 1.29 is 27.9 Å². The predicted octanol–water partition coefficient (Wildman–Crippen LogP) is 3.13. The van der Waals surface area contributed by atoms with Gasteiger partial charge in [-0.25, -0.2) is 4.79 Å². The number of aryl methyl sites for hydroxylation is 2. The first-order valence-electron chi connectivity index (χ1n) is 9.96. The first-order valence-corrected chi connectivity index (χ1v) is 9.96. The van der Waals surface area contributed by atoms with E-state index in [1.807, 2.05) is 24.3 Å². The van der Waals surface area contributed by atoms with Crippen LogP contribution in [0, 0.1) is 6.92 Å². The van der Waals surface area contributed by atoms with Gasteiger partial charge in [0.15, 0.2) is 0 Å². The third-order valence-electron chi connectivity index (χ3n) is 5.60. The molecule has 1 aromatic heterocycles. The fourth-order valence-corrected chi connectivity index (χ4v) is 4.15. The van der Waals surface area contributed by atoms with Crippen molar-refractivity contribution in [2.75, 3.05) is 11.4 Å². The van der Waals surface area contributed by atoms with Crippen molar-refractivity contribution in [1.29, 1.82) is 0 Å². The van der Waals surface area contributed by atoms with E-state index < -0.39 is 12.1 Å². The van der Waals surface area contributed by atoms with Crippen LogP contribution in [0.4, 0.5) is 18.9 Å². The predicted molar refractivity (Wildman–Crippen MR) is 107 cm³/mol. The molecule has 1 aromatic carbocycles. The number of carboxylic acid groups (broad SMARTS) is 1. The average molecular weight is 438 g/mol. The van der Waals surface area contributed by atoms with Crippen molar-refractivity contribution in [3.63, 3.8) is 0 Å². The first kappa shape index (κ1) is 22.8. The van der Waals surface area contributed by atoms with Gasteiger partial charge < -0.3 is 10.0 Å². The number of amides is 1. The van der Waals surface area contributed by atoms with Gasteiger partial charge in [-0.2, -0.15) is 18.3 Å². The number of carboxylic acids is 1. The number of rotatable bonds is 3. The van der Waals surface area contributed by atoms with Crippen molar-refractivity contribution in [3.05, 3.63) is 47.8 Å². The molecule has 1 N–H and O–H groups in total. The molecule has 168 valence electrons. The Balaban J connectivity index is 0.000000339. The standard InChI is InChI=1S/C19H24N4O.C2HF3O2/c1-14-3-5-15(6-4-14)12-22-10-9-18-17(22)7-8-19(24)23(18)16-11-20-21(2)13-16;3-2(4,5)1(6)7/h3-6,11,13,17-18H,7-10,12H2,1-2H3;(H,6,7)/t17-,18-;/m0./s1. The molecule has 2 atom stereocenters. The van der Waals surface area contributed by atoms with Crippen LogP contribution < -0.4 is 4.90 Å². The monoisotopic (exact) mass is 438 g/mol. The molecule has 4 rings (SSSR count). The number of carbonyl (C=O) groups is 2. The molecule has 2 fully saturated rings. The van der Waals surface area contributed by atoms with Gasteiger partial charge in [-0.15, -0.1) is 0 Å². The van der Waals surface area contributed by atoms with Crippen LogP contribution in [0.2, 0.25) is 0 Å². The number of carbonyl (C=O) groups excluding carboxylic acids is 1. The molecule has 2 saturated heterocycles. The maximum atomic E-state index is 12.5. The van der Waals surface area contributed by atoms with Crippen LogP contribution in [-0.2, 0) is 23.2 Å². The summed E-state index contributed by atoms with van der Waals surface area (Å²) < 4.78 is 33.5. The van der Waals surface area contributed by atoms with Crippen LogP contribution in [0.25, 0.3) is 0 Å². The highest BCUT2D eigenvalue weighted by molar-refractivity contribution is 5.94. The zero-order valence-corrected chi connectivity index (χ0v) is 17.3. The Labute approximate surface area is 178 Å². The summed E-state index contributed by atoms with van der Waals surface area (Å²) in [6.07, 6.45) is 1.30. The molecule has 0 aliphatic carbocycles. The van der Waals surface area contributed by atoms with E-state index in [1.165, 1.54) is 11.1 Å². The van der Waals surface area contributed by atoms with E-state index in [1.54, 1.807) is 4.68 Å². The number of hydrogen-bond donors (Lipinski definition) is 1. The van der Waals surface area contributed by atoms with E-state index in [0.717, 1.165) is 31.6 Å². The molecule has 0 saturated carbocycles. The Morgan fingerprint density at radius 2 is 1.84 bits per heavy atom. The van der Waals surface area contributed by atoms with Gasteiger partial charge in [-0.05, 0) is 25.3 Å². The number of halogens is 3. The zero-order valence-electron chi connectivity index (χ0n) is 17.3. The smallest absolute Gasteiger partial charge is 0.475 e. The molecular formula is C21H25F3N4O3. The quantitative estimate of drug-likeness (QED) is 0.797. The van der Waals surface area contributed by atoms with Gasteiger partial charge in [0.25, 0.3) is 0 Å². The van der Waals surface area contributed by atoms with Crippen molar-refractivity contribution >= 4 is 17.6 Å². The zero-order chi connectivity index (χ0) is 22.8. The lowest BCUT2D eigenvalue weighted by atomic mass is 9.95. The molecule has 2 aromatic rings. The second-order valence-electron chi connectivity index (χ2n) is 7.86. The van der Waals surface area contributed by atoms with Crippen LogP contribution in [0.1, 0.15) is 30.4 Å². The Kier molecular flexibility index (Phi) is 6.68. The molecule has 0 spiro atoms. The molecule has 7 nitrogen and oxygen atoms in total. The highest BCUT2D eigenvalue weighted by atomic mass is 19.4.